The van der Waals surface area contributed by atoms with Crippen LogP contribution in [0.2, 0.25) is 0 Å². The van der Waals surface area contributed by atoms with Crippen LogP contribution in [0.4, 0.5) is 0 Å². The number of carbonyl (C=O) groups is 1. The van der Waals surface area contributed by atoms with Gasteiger partial charge in [0.15, 0.2) is 12.0 Å². The van der Waals surface area contributed by atoms with Crippen LogP contribution in [-0.4, -0.2) is 43.6 Å². The number of aromatic nitrogens is 4. The van der Waals surface area contributed by atoms with E-state index in [9.17, 15) is 4.79 Å². The normalized spacial score (nSPS) is 18.2. The molecule has 24 heavy (non-hydrogen) atoms. The number of hydrogen-bond donors (Lipinski definition) is 0. The fourth-order valence-corrected chi connectivity index (χ4v) is 3.32. The van der Waals surface area contributed by atoms with Gasteiger partial charge in [-0.25, -0.2) is 9.97 Å². The van der Waals surface area contributed by atoms with Crippen molar-refractivity contribution in [1.82, 2.24) is 24.6 Å². The lowest BCUT2D eigenvalue weighted by atomic mass is 9.94. The maximum absolute atomic E-state index is 12.6. The molecule has 1 fully saturated rings. The van der Waals surface area contributed by atoms with E-state index in [1.54, 1.807) is 11.6 Å². The van der Waals surface area contributed by atoms with Crippen molar-refractivity contribution in [2.45, 2.75) is 25.7 Å². The molecule has 1 amide bonds. The molecule has 1 aliphatic rings. The average Bonchev–Trinajstić information content (AvgIpc) is 3.20. The molecule has 0 spiro atoms. The molecule has 0 bridgehead atoms. The van der Waals surface area contributed by atoms with Gasteiger partial charge in [-0.3, -0.25) is 9.48 Å². The SMILES string of the molecule is Cc1ncoc1C(=O)N1CCCC(c2ccc3cnn(C)c3n2)C1. The zero-order valence-electron chi connectivity index (χ0n) is 13.8. The van der Waals surface area contributed by atoms with Gasteiger partial charge in [0.2, 0.25) is 5.76 Å². The molecule has 0 aliphatic carbocycles. The fourth-order valence-electron chi connectivity index (χ4n) is 3.32. The van der Waals surface area contributed by atoms with Crippen LogP contribution < -0.4 is 0 Å². The Morgan fingerprint density at radius 1 is 1.38 bits per heavy atom. The third-order valence-electron chi connectivity index (χ3n) is 4.67. The molecule has 0 saturated carbocycles. The van der Waals surface area contributed by atoms with E-state index in [0.717, 1.165) is 36.1 Å². The summed E-state index contributed by atoms with van der Waals surface area (Å²) in [6, 6.07) is 4.09. The van der Waals surface area contributed by atoms with Gasteiger partial charge in [0.25, 0.3) is 5.91 Å². The molecule has 4 heterocycles. The predicted octanol–water partition coefficient (Wildman–Crippen LogP) is 2.28. The Hall–Kier alpha value is -2.70. The number of carbonyl (C=O) groups excluding carboxylic acids is 1. The summed E-state index contributed by atoms with van der Waals surface area (Å²) in [7, 11) is 1.89. The highest BCUT2D eigenvalue weighted by Crippen LogP contribution is 2.28. The van der Waals surface area contributed by atoms with Crippen molar-refractivity contribution >= 4 is 16.9 Å². The molecule has 7 heteroatoms. The maximum Gasteiger partial charge on any atom is 0.291 e. The molecule has 3 aromatic heterocycles. The van der Waals surface area contributed by atoms with Crippen molar-refractivity contribution in [3.05, 3.63) is 41.9 Å². The van der Waals surface area contributed by atoms with Gasteiger partial charge >= 0.3 is 0 Å². The van der Waals surface area contributed by atoms with Crippen LogP contribution in [0.5, 0.6) is 0 Å². The smallest absolute Gasteiger partial charge is 0.291 e. The molecule has 124 valence electrons. The summed E-state index contributed by atoms with van der Waals surface area (Å²) in [5, 5.41) is 5.27. The van der Waals surface area contributed by atoms with Crippen LogP contribution in [0, 0.1) is 6.92 Å². The summed E-state index contributed by atoms with van der Waals surface area (Å²) >= 11 is 0. The quantitative estimate of drug-likeness (QED) is 0.722. The largest absolute Gasteiger partial charge is 0.438 e. The highest BCUT2D eigenvalue weighted by Gasteiger charge is 2.29. The van der Waals surface area contributed by atoms with E-state index in [4.69, 9.17) is 9.40 Å². The Morgan fingerprint density at radius 2 is 2.25 bits per heavy atom. The van der Waals surface area contributed by atoms with Gasteiger partial charge in [-0.2, -0.15) is 5.10 Å². The molecule has 3 aromatic rings. The third-order valence-corrected chi connectivity index (χ3v) is 4.67. The van der Waals surface area contributed by atoms with Gasteiger partial charge in [0, 0.05) is 37.1 Å². The van der Waals surface area contributed by atoms with Crippen LogP contribution in [0.3, 0.4) is 0 Å². The summed E-state index contributed by atoms with van der Waals surface area (Å²) in [5.41, 5.74) is 2.52. The van der Waals surface area contributed by atoms with E-state index < -0.39 is 0 Å². The van der Waals surface area contributed by atoms with Crippen LogP contribution in [-0.2, 0) is 7.05 Å². The maximum atomic E-state index is 12.6. The van der Waals surface area contributed by atoms with Gasteiger partial charge in [-0.15, -0.1) is 0 Å². The fraction of sp³-hybridized carbons (Fsp3) is 0.412. The average molecular weight is 325 g/mol. The number of hydrogen-bond acceptors (Lipinski definition) is 5. The lowest BCUT2D eigenvalue weighted by Gasteiger charge is -2.32. The Morgan fingerprint density at radius 3 is 3.04 bits per heavy atom. The second-order valence-corrected chi connectivity index (χ2v) is 6.27. The number of likely N-dealkylation sites (tertiary alicyclic amines) is 1. The molecule has 1 atom stereocenters. The summed E-state index contributed by atoms with van der Waals surface area (Å²) in [4.78, 5) is 23.3. The molecule has 1 saturated heterocycles. The Balaban J connectivity index is 1.58. The second-order valence-electron chi connectivity index (χ2n) is 6.27. The molecule has 0 N–H and O–H groups in total. The number of fused-ring (bicyclic) bond motifs is 1. The number of aryl methyl sites for hydroxylation is 2. The van der Waals surface area contributed by atoms with Crippen LogP contribution in [0.25, 0.3) is 11.0 Å². The molecule has 4 rings (SSSR count). The number of oxazole rings is 1. The van der Waals surface area contributed by atoms with Crippen molar-refractivity contribution < 1.29 is 9.21 Å². The van der Waals surface area contributed by atoms with Gasteiger partial charge in [-0.1, -0.05) is 0 Å². The minimum absolute atomic E-state index is 0.0867. The first-order valence-corrected chi connectivity index (χ1v) is 8.11. The monoisotopic (exact) mass is 325 g/mol. The van der Waals surface area contributed by atoms with Crippen molar-refractivity contribution in [2.24, 2.45) is 7.05 Å². The molecule has 7 nitrogen and oxygen atoms in total. The zero-order valence-corrected chi connectivity index (χ0v) is 13.8. The molecule has 1 aliphatic heterocycles. The Kier molecular flexibility index (Phi) is 3.55. The first-order valence-electron chi connectivity index (χ1n) is 8.11. The van der Waals surface area contributed by atoms with Crippen LogP contribution >= 0.6 is 0 Å². The van der Waals surface area contributed by atoms with E-state index in [-0.39, 0.29) is 11.8 Å². The molecule has 1 unspecified atom stereocenters. The van der Waals surface area contributed by atoms with Crippen LogP contribution in [0.15, 0.2) is 29.1 Å². The first kappa shape index (κ1) is 14.9. The van der Waals surface area contributed by atoms with Crippen molar-refractivity contribution in [3.8, 4) is 0 Å². The first-order chi connectivity index (χ1) is 11.6. The number of amides is 1. The summed E-state index contributed by atoms with van der Waals surface area (Å²) in [6.45, 7) is 3.18. The summed E-state index contributed by atoms with van der Waals surface area (Å²) < 4.78 is 7.03. The van der Waals surface area contributed by atoms with Gasteiger partial charge < -0.3 is 9.32 Å². The minimum atomic E-state index is -0.0867. The Labute approximate surface area is 139 Å². The van der Waals surface area contributed by atoms with Crippen molar-refractivity contribution in [3.63, 3.8) is 0 Å². The summed E-state index contributed by atoms with van der Waals surface area (Å²) in [5.74, 6) is 0.479. The van der Waals surface area contributed by atoms with E-state index >= 15 is 0 Å². The van der Waals surface area contributed by atoms with Crippen LogP contribution in [0.1, 0.15) is 40.7 Å². The van der Waals surface area contributed by atoms with E-state index in [1.807, 2.05) is 30.3 Å². The lowest BCUT2D eigenvalue weighted by molar-refractivity contribution is 0.0672. The number of piperidine rings is 1. The number of pyridine rings is 1. The van der Waals surface area contributed by atoms with Gasteiger partial charge in [0.05, 0.1) is 11.9 Å². The van der Waals surface area contributed by atoms with Gasteiger partial charge in [-0.05, 0) is 31.9 Å². The number of rotatable bonds is 2. The Bertz CT molecular complexity index is 897. The standard InChI is InChI=1S/C17H19N5O2/c1-11-15(24-10-18-11)17(23)22-7-3-4-13(9-22)14-6-5-12-8-19-21(2)16(12)20-14/h5-6,8,10,13H,3-4,7,9H2,1-2H3. The van der Waals surface area contributed by atoms with Crippen molar-refractivity contribution in [1.29, 1.82) is 0 Å². The predicted molar refractivity (Wildman–Crippen MR) is 87.6 cm³/mol. The number of nitrogens with zero attached hydrogens (tertiary/aromatic N) is 5. The molecular weight excluding hydrogens is 306 g/mol. The highest BCUT2D eigenvalue weighted by atomic mass is 16.3. The van der Waals surface area contributed by atoms with E-state index in [0.29, 0.717) is 18.0 Å². The van der Waals surface area contributed by atoms with E-state index in [1.165, 1.54) is 6.39 Å². The molecular formula is C17H19N5O2. The second kappa shape index (κ2) is 5.74. The zero-order chi connectivity index (χ0) is 16.7. The molecule has 0 aromatic carbocycles. The van der Waals surface area contributed by atoms with Crippen molar-refractivity contribution in [2.75, 3.05) is 13.1 Å². The minimum Gasteiger partial charge on any atom is -0.438 e. The van der Waals surface area contributed by atoms with Gasteiger partial charge in [0.1, 0.15) is 0 Å². The lowest BCUT2D eigenvalue weighted by Crippen LogP contribution is -2.39. The summed E-state index contributed by atoms with van der Waals surface area (Å²) in [6.07, 6.45) is 5.11. The molecule has 0 radical (unpaired) electrons. The topological polar surface area (TPSA) is 77.0 Å². The highest BCUT2D eigenvalue weighted by molar-refractivity contribution is 5.92. The third kappa shape index (κ3) is 2.46. The van der Waals surface area contributed by atoms with E-state index in [2.05, 4.69) is 10.1 Å².